The number of benzene rings is 1. The van der Waals surface area contributed by atoms with Gasteiger partial charge in [0, 0.05) is 26.7 Å². The summed E-state index contributed by atoms with van der Waals surface area (Å²) < 4.78 is 24.4. The number of carbonyl (C=O) groups excluding carboxylic acids is 1. The maximum Gasteiger partial charge on any atom is 0.250 e. The Labute approximate surface area is 151 Å². The van der Waals surface area contributed by atoms with E-state index in [9.17, 15) is 9.18 Å². The summed E-state index contributed by atoms with van der Waals surface area (Å²) in [5, 5.41) is 2.61. The molecule has 0 bridgehead atoms. The molecule has 0 saturated carbocycles. The third-order valence-electron chi connectivity index (χ3n) is 4.24. The van der Waals surface area contributed by atoms with Crippen LogP contribution in [0.25, 0.3) is 0 Å². The van der Waals surface area contributed by atoms with E-state index in [0.29, 0.717) is 31.2 Å². The molecule has 0 aliphatic carbocycles. The SMILES string of the molecule is CNC(=O)[C@@H]1CN(Cc2ccc(Oc3ccc(F)cc3C)cn2)CCO1. The molecule has 3 rings (SSSR count). The van der Waals surface area contributed by atoms with Crippen LogP contribution < -0.4 is 10.1 Å². The van der Waals surface area contributed by atoms with Gasteiger partial charge < -0.3 is 14.8 Å². The zero-order valence-electron chi connectivity index (χ0n) is 14.9. The number of amides is 1. The van der Waals surface area contributed by atoms with Gasteiger partial charge in [-0.1, -0.05) is 0 Å². The molecule has 6 nitrogen and oxygen atoms in total. The molecule has 0 spiro atoms. The fraction of sp³-hybridized carbons (Fsp3) is 0.368. The predicted octanol–water partition coefficient (Wildman–Crippen LogP) is 2.27. The Kier molecular flexibility index (Phi) is 5.80. The molecular weight excluding hydrogens is 337 g/mol. The van der Waals surface area contributed by atoms with Gasteiger partial charge in [-0.2, -0.15) is 0 Å². The monoisotopic (exact) mass is 359 g/mol. The number of hydrogen-bond donors (Lipinski definition) is 1. The van der Waals surface area contributed by atoms with Crippen LogP contribution in [0.4, 0.5) is 4.39 Å². The molecule has 1 fully saturated rings. The van der Waals surface area contributed by atoms with Gasteiger partial charge in [-0.05, 0) is 42.8 Å². The molecular formula is C19H22FN3O3. The molecule has 1 aromatic carbocycles. The van der Waals surface area contributed by atoms with Crippen molar-refractivity contribution in [1.82, 2.24) is 15.2 Å². The average molecular weight is 359 g/mol. The van der Waals surface area contributed by atoms with Crippen molar-refractivity contribution < 1.29 is 18.7 Å². The lowest BCUT2D eigenvalue weighted by atomic mass is 10.2. The van der Waals surface area contributed by atoms with Crippen molar-refractivity contribution in [2.24, 2.45) is 0 Å². The number of carbonyl (C=O) groups is 1. The lowest BCUT2D eigenvalue weighted by molar-refractivity contribution is -0.138. The van der Waals surface area contributed by atoms with Crippen molar-refractivity contribution in [1.29, 1.82) is 0 Å². The van der Waals surface area contributed by atoms with Gasteiger partial charge in [-0.3, -0.25) is 14.7 Å². The topological polar surface area (TPSA) is 63.7 Å². The first-order valence-corrected chi connectivity index (χ1v) is 8.49. The summed E-state index contributed by atoms with van der Waals surface area (Å²) in [5.41, 5.74) is 1.60. The Morgan fingerprint density at radius 1 is 1.42 bits per heavy atom. The first-order chi connectivity index (χ1) is 12.5. The van der Waals surface area contributed by atoms with Crippen LogP contribution in [0.3, 0.4) is 0 Å². The minimum Gasteiger partial charge on any atom is -0.455 e. The van der Waals surface area contributed by atoms with E-state index in [1.54, 1.807) is 26.2 Å². The number of halogens is 1. The molecule has 1 amide bonds. The van der Waals surface area contributed by atoms with Crippen molar-refractivity contribution in [2.45, 2.75) is 19.6 Å². The first kappa shape index (κ1) is 18.3. The van der Waals surface area contributed by atoms with Crippen LogP contribution in [0.5, 0.6) is 11.5 Å². The van der Waals surface area contributed by atoms with Crippen molar-refractivity contribution in [3.05, 3.63) is 53.6 Å². The number of morpholine rings is 1. The van der Waals surface area contributed by atoms with Crippen molar-refractivity contribution >= 4 is 5.91 Å². The third kappa shape index (κ3) is 4.56. The molecule has 1 saturated heterocycles. The van der Waals surface area contributed by atoms with Gasteiger partial charge in [-0.25, -0.2) is 4.39 Å². The van der Waals surface area contributed by atoms with Crippen LogP contribution in [-0.2, 0) is 16.1 Å². The van der Waals surface area contributed by atoms with E-state index < -0.39 is 6.10 Å². The van der Waals surface area contributed by atoms with Gasteiger partial charge in [0.1, 0.15) is 23.4 Å². The summed E-state index contributed by atoms with van der Waals surface area (Å²) in [6, 6.07) is 8.12. The van der Waals surface area contributed by atoms with Crippen LogP contribution in [0, 0.1) is 12.7 Å². The Bertz CT molecular complexity index is 767. The van der Waals surface area contributed by atoms with E-state index in [1.807, 2.05) is 12.1 Å². The van der Waals surface area contributed by atoms with E-state index >= 15 is 0 Å². The third-order valence-corrected chi connectivity index (χ3v) is 4.24. The van der Waals surface area contributed by atoms with Crippen molar-refractivity contribution in [3.8, 4) is 11.5 Å². The number of nitrogens with one attached hydrogen (secondary N) is 1. The Morgan fingerprint density at radius 3 is 2.96 bits per heavy atom. The molecule has 0 unspecified atom stereocenters. The number of aryl methyl sites for hydroxylation is 1. The van der Waals surface area contributed by atoms with E-state index in [-0.39, 0.29) is 11.7 Å². The van der Waals surface area contributed by atoms with Crippen LogP contribution in [-0.4, -0.2) is 48.6 Å². The predicted molar refractivity (Wildman–Crippen MR) is 94.5 cm³/mol. The second-order valence-corrected chi connectivity index (χ2v) is 6.21. The Morgan fingerprint density at radius 2 is 2.27 bits per heavy atom. The van der Waals surface area contributed by atoms with Gasteiger partial charge >= 0.3 is 0 Å². The minimum absolute atomic E-state index is 0.110. The molecule has 1 aromatic heterocycles. The highest BCUT2D eigenvalue weighted by Gasteiger charge is 2.25. The molecule has 2 heterocycles. The van der Waals surface area contributed by atoms with Crippen LogP contribution in [0.15, 0.2) is 36.5 Å². The number of ether oxygens (including phenoxy) is 2. The smallest absolute Gasteiger partial charge is 0.250 e. The number of nitrogens with zero attached hydrogens (tertiary/aromatic N) is 2. The second-order valence-electron chi connectivity index (χ2n) is 6.21. The summed E-state index contributed by atoms with van der Waals surface area (Å²) in [6.07, 6.45) is 1.20. The molecule has 138 valence electrons. The summed E-state index contributed by atoms with van der Waals surface area (Å²) in [4.78, 5) is 18.3. The standard InChI is InChI=1S/C19H22FN3O3/c1-13-9-14(20)3-6-17(13)26-16-5-4-15(22-10-16)11-23-7-8-25-18(12-23)19(24)21-2/h3-6,9-10,18H,7-8,11-12H2,1-2H3,(H,21,24)/t18-/m0/s1. The maximum absolute atomic E-state index is 13.2. The molecule has 2 aromatic rings. The average Bonchev–Trinajstić information content (AvgIpc) is 2.65. The Balaban J connectivity index is 1.60. The number of likely N-dealkylation sites (N-methyl/N-ethyl adjacent to an activating group) is 1. The number of rotatable bonds is 5. The normalized spacial score (nSPS) is 17.7. The fourth-order valence-electron chi connectivity index (χ4n) is 2.81. The van der Waals surface area contributed by atoms with Crippen LogP contribution in [0.1, 0.15) is 11.3 Å². The quantitative estimate of drug-likeness (QED) is 0.887. The van der Waals surface area contributed by atoms with E-state index in [1.165, 1.54) is 12.1 Å². The lowest BCUT2D eigenvalue weighted by Gasteiger charge is -2.31. The fourth-order valence-corrected chi connectivity index (χ4v) is 2.81. The molecule has 1 atom stereocenters. The number of hydrogen-bond acceptors (Lipinski definition) is 5. The van der Waals surface area contributed by atoms with Gasteiger partial charge in [0.15, 0.2) is 0 Å². The van der Waals surface area contributed by atoms with Gasteiger partial charge in [0.25, 0.3) is 0 Å². The summed E-state index contributed by atoms with van der Waals surface area (Å²) in [6.45, 7) is 4.23. The lowest BCUT2D eigenvalue weighted by Crippen LogP contribution is -2.48. The van der Waals surface area contributed by atoms with Crippen LogP contribution >= 0.6 is 0 Å². The Hall–Kier alpha value is -2.51. The number of aromatic nitrogens is 1. The molecule has 1 aliphatic rings. The summed E-state index contributed by atoms with van der Waals surface area (Å²) in [5.74, 6) is 0.793. The summed E-state index contributed by atoms with van der Waals surface area (Å²) >= 11 is 0. The van der Waals surface area contributed by atoms with Gasteiger partial charge in [-0.15, -0.1) is 0 Å². The second kappa shape index (κ2) is 8.25. The molecule has 1 N–H and O–H groups in total. The summed E-state index contributed by atoms with van der Waals surface area (Å²) in [7, 11) is 1.60. The van der Waals surface area contributed by atoms with E-state index in [4.69, 9.17) is 9.47 Å². The van der Waals surface area contributed by atoms with Crippen molar-refractivity contribution in [2.75, 3.05) is 26.7 Å². The molecule has 0 radical (unpaired) electrons. The van der Waals surface area contributed by atoms with E-state index in [2.05, 4.69) is 15.2 Å². The van der Waals surface area contributed by atoms with Gasteiger partial charge in [0.05, 0.1) is 18.5 Å². The van der Waals surface area contributed by atoms with Crippen molar-refractivity contribution in [3.63, 3.8) is 0 Å². The largest absolute Gasteiger partial charge is 0.455 e. The minimum atomic E-state index is -0.446. The zero-order valence-corrected chi connectivity index (χ0v) is 14.9. The number of pyridine rings is 1. The zero-order chi connectivity index (χ0) is 18.5. The maximum atomic E-state index is 13.2. The molecule has 7 heteroatoms. The van der Waals surface area contributed by atoms with E-state index in [0.717, 1.165) is 17.8 Å². The van der Waals surface area contributed by atoms with Gasteiger partial charge in [0.2, 0.25) is 5.91 Å². The highest BCUT2D eigenvalue weighted by Crippen LogP contribution is 2.25. The van der Waals surface area contributed by atoms with Crippen LogP contribution in [0.2, 0.25) is 0 Å². The molecule has 26 heavy (non-hydrogen) atoms. The molecule has 1 aliphatic heterocycles. The first-order valence-electron chi connectivity index (χ1n) is 8.49. The highest BCUT2D eigenvalue weighted by atomic mass is 19.1. The highest BCUT2D eigenvalue weighted by molar-refractivity contribution is 5.80.